The fraction of sp³-hybridized carbons (Fsp3) is 0.143. The van der Waals surface area contributed by atoms with Crippen molar-refractivity contribution in [2.45, 2.75) is 13.3 Å². The van der Waals surface area contributed by atoms with E-state index >= 15 is 0 Å². The number of benzene rings is 1. The van der Waals surface area contributed by atoms with Crippen molar-refractivity contribution in [3.05, 3.63) is 74.3 Å². The van der Waals surface area contributed by atoms with Crippen LogP contribution in [0.4, 0.5) is 5.69 Å². The van der Waals surface area contributed by atoms with Crippen LogP contribution < -0.4 is 27.8 Å². The van der Waals surface area contributed by atoms with Crippen molar-refractivity contribution in [3.8, 4) is 0 Å². The van der Waals surface area contributed by atoms with Gasteiger partial charge in [-0.3, -0.25) is 14.8 Å². The summed E-state index contributed by atoms with van der Waals surface area (Å²) in [5.41, 5.74) is 7.03. The van der Waals surface area contributed by atoms with E-state index in [9.17, 15) is 9.59 Å². The van der Waals surface area contributed by atoms with Crippen molar-refractivity contribution >= 4 is 5.69 Å². The predicted octanol–water partition coefficient (Wildman–Crippen LogP) is 0.0945. The van der Waals surface area contributed by atoms with Gasteiger partial charge in [0.1, 0.15) is 0 Å². The third kappa shape index (κ3) is 3.61. The molecule has 7 nitrogen and oxygen atoms in total. The molecule has 2 rings (SSSR count). The summed E-state index contributed by atoms with van der Waals surface area (Å²) in [6.07, 6.45) is 1.78. The number of rotatable bonds is 4. The largest absolute Gasteiger partial charge is 0.400 e. The van der Waals surface area contributed by atoms with Gasteiger partial charge in [-0.25, -0.2) is 10.6 Å². The summed E-state index contributed by atoms with van der Waals surface area (Å²) in [6.45, 7) is 1.62. The number of hydrazine groups is 1. The van der Waals surface area contributed by atoms with Crippen LogP contribution in [0.2, 0.25) is 0 Å². The van der Waals surface area contributed by atoms with Gasteiger partial charge in [0.25, 0.3) is 5.56 Å². The molecular formula is C14H17N5O2. The van der Waals surface area contributed by atoms with Gasteiger partial charge in [-0.2, -0.15) is 0 Å². The zero-order valence-corrected chi connectivity index (χ0v) is 11.6. The second-order valence-electron chi connectivity index (χ2n) is 4.64. The van der Waals surface area contributed by atoms with E-state index in [1.807, 2.05) is 30.3 Å². The Morgan fingerprint density at radius 1 is 1.24 bits per heavy atom. The normalized spacial score (nSPS) is 11.4. The van der Waals surface area contributed by atoms with Gasteiger partial charge in [0.2, 0.25) is 0 Å². The number of hydrogen-bond donors (Lipinski definition) is 4. The molecule has 7 heteroatoms. The maximum absolute atomic E-state index is 11.5. The lowest BCUT2D eigenvalue weighted by Gasteiger charge is -2.15. The molecule has 21 heavy (non-hydrogen) atoms. The highest BCUT2D eigenvalue weighted by atomic mass is 16.2. The van der Waals surface area contributed by atoms with E-state index in [4.69, 9.17) is 11.6 Å². The summed E-state index contributed by atoms with van der Waals surface area (Å²) < 4.78 is 0. The highest BCUT2D eigenvalue weighted by molar-refractivity contribution is 5.47. The Morgan fingerprint density at radius 2 is 1.90 bits per heavy atom. The van der Waals surface area contributed by atoms with Crippen molar-refractivity contribution in [1.29, 1.82) is 0 Å². The standard InChI is InChI=1S/C14H17N5O2/c1-9-12(17-14(21)18-13(9)20)7-10(15)8-19(16)11-5-3-2-4-6-11/h2-6,8H,7,15-16H2,1H3,(H2,17,18,20,21)/b10-8-. The van der Waals surface area contributed by atoms with Crippen molar-refractivity contribution in [2.75, 3.05) is 5.01 Å². The van der Waals surface area contributed by atoms with Crippen LogP contribution >= 0.6 is 0 Å². The maximum Gasteiger partial charge on any atom is 0.325 e. The molecule has 0 aliphatic rings. The first kappa shape index (κ1) is 14.6. The van der Waals surface area contributed by atoms with Crippen LogP contribution in [0.15, 0.2) is 51.8 Å². The average Bonchev–Trinajstić information content (AvgIpc) is 2.45. The van der Waals surface area contributed by atoms with Gasteiger partial charge in [-0.05, 0) is 19.1 Å². The van der Waals surface area contributed by atoms with Crippen molar-refractivity contribution in [1.82, 2.24) is 9.97 Å². The lowest BCUT2D eigenvalue weighted by Crippen LogP contribution is -2.29. The van der Waals surface area contributed by atoms with E-state index < -0.39 is 11.2 Å². The Bertz CT molecular complexity index is 761. The molecular weight excluding hydrogens is 270 g/mol. The minimum Gasteiger partial charge on any atom is -0.400 e. The molecule has 0 aliphatic heterocycles. The van der Waals surface area contributed by atoms with Gasteiger partial charge in [-0.1, -0.05) is 18.2 Å². The van der Waals surface area contributed by atoms with Crippen molar-refractivity contribution in [3.63, 3.8) is 0 Å². The summed E-state index contributed by atoms with van der Waals surface area (Å²) in [6, 6.07) is 9.28. The monoisotopic (exact) mass is 287 g/mol. The van der Waals surface area contributed by atoms with Crippen LogP contribution in [0.5, 0.6) is 0 Å². The minimum absolute atomic E-state index is 0.228. The number of aromatic nitrogens is 2. The van der Waals surface area contributed by atoms with Crippen LogP contribution in [-0.4, -0.2) is 9.97 Å². The fourth-order valence-corrected chi connectivity index (χ4v) is 1.88. The summed E-state index contributed by atoms with van der Waals surface area (Å²) in [5, 5.41) is 1.38. The molecule has 110 valence electrons. The Balaban J connectivity index is 2.22. The topological polar surface area (TPSA) is 121 Å². The molecule has 0 amide bonds. The molecule has 6 N–H and O–H groups in total. The summed E-state index contributed by atoms with van der Waals surface area (Å²) in [7, 11) is 0. The lowest BCUT2D eigenvalue weighted by atomic mass is 10.1. The Kier molecular flexibility index (Phi) is 4.24. The smallest absolute Gasteiger partial charge is 0.325 e. The lowest BCUT2D eigenvalue weighted by molar-refractivity contribution is 0.902. The molecule has 0 saturated carbocycles. The molecule has 0 radical (unpaired) electrons. The molecule has 1 heterocycles. The molecule has 0 saturated heterocycles. The van der Waals surface area contributed by atoms with Crippen LogP contribution in [0.25, 0.3) is 0 Å². The second-order valence-corrected chi connectivity index (χ2v) is 4.64. The van der Waals surface area contributed by atoms with Gasteiger partial charge in [0.05, 0.1) is 5.69 Å². The quantitative estimate of drug-likeness (QED) is 0.469. The second kappa shape index (κ2) is 6.10. The first-order valence-electron chi connectivity index (χ1n) is 6.34. The van der Waals surface area contributed by atoms with Gasteiger partial charge < -0.3 is 10.7 Å². The van der Waals surface area contributed by atoms with Gasteiger partial charge in [0.15, 0.2) is 0 Å². The van der Waals surface area contributed by atoms with Crippen molar-refractivity contribution < 1.29 is 0 Å². The summed E-state index contributed by atoms with van der Waals surface area (Å²) in [5.74, 6) is 5.88. The number of allylic oxidation sites excluding steroid dienone is 1. The number of hydrogen-bond acceptors (Lipinski definition) is 5. The number of nitrogens with zero attached hydrogens (tertiary/aromatic N) is 1. The van der Waals surface area contributed by atoms with Crippen LogP contribution in [0, 0.1) is 6.92 Å². The van der Waals surface area contributed by atoms with Crippen molar-refractivity contribution in [2.24, 2.45) is 11.6 Å². The number of anilines is 1. The highest BCUT2D eigenvalue weighted by Gasteiger charge is 2.06. The first-order valence-corrected chi connectivity index (χ1v) is 6.34. The molecule has 1 aromatic carbocycles. The van der Waals surface area contributed by atoms with E-state index in [1.165, 1.54) is 5.01 Å². The molecule has 1 aromatic heterocycles. The maximum atomic E-state index is 11.5. The average molecular weight is 287 g/mol. The molecule has 0 aliphatic carbocycles. The van der Waals surface area contributed by atoms with E-state index in [1.54, 1.807) is 13.1 Å². The van der Waals surface area contributed by atoms with Crippen LogP contribution in [-0.2, 0) is 6.42 Å². The third-order valence-corrected chi connectivity index (χ3v) is 3.02. The van der Waals surface area contributed by atoms with Gasteiger partial charge in [0, 0.05) is 29.6 Å². The zero-order chi connectivity index (χ0) is 15.4. The minimum atomic E-state index is -0.555. The number of aromatic amines is 2. The van der Waals surface area contributed by atoms with E-state index in [0.717, 1.165) is 5.69 Å². The molecule has 0 spiro atoms. The van der Waals surface area contributed by atoms with Gasteiger partial charge >= 0.3 is 5.69 Å². The molecule has 2 aromatic rings. The Morgan fingerprint density at radius 3 is 2.57 bits per heavy atom. The molecule has 0 bridgehead atoms. The molecule has 0 atom stereocenters. The summed E-state index contributed by atoms with van der Waals surface area (Å²) in [4.78, 5) is 27.5. The number of para-hydroxylation sites is 1. The van der Waals surface area contributed by atoms with E-state index in [-0.39, 0.29) is 6.42 Å². The summed E-state index contributed by atoms with van der Waals surface area (Å²) >= 11 is 0. The Hall–Kier alpha value is -2.80. The number of nitrogens with two attached hydrogens (primary N) is 2. The zero-order valence-electron chi connectivity index (χ0n) is 11.6. The third-order valence-electron chi connectivity index (χ3n) is 3.02. The first-order chi connectivity index (χ1) is 9.97. The fourth-order valence-electron chi connectivity index (χ4n) is 1.88. The van der Waals surface area contributed by atoms with E-state index in [2.05, 4.69) is 9.97 Å². The Labute approximate surface area is 120 Å². The molecule has 0 fully saturated rings. The molecule has 0 unspecified atom stereocenters. The predicted molar refractivity (Wildman–Crippen MR) is 81.5 cm³/mol. The number of H-pyrrole nitrogens is 2. The highest BCUT2D eigenvalue weighted by Crippen LogP contribution is 2.11. The SMILES string of the molecule is Cc1c(C/C(N)=C/N(N)c2ccccc2)[nH]c(=O)[nH]c1=O. The van der Waals surface area contributed by atoms with E-state index in [0.29, 0.717) is 17.0 Å². The van der Waals surface area contributed by atoms with Crippen LogP contribution in [0.1, 0.15) is 11.3 Å². The van der Waals surface area contributed by atoms with Crippen LogP contribution in [0.3, 0.4) is 0 Å². The van der Waals surface area contributed by atoms with Gasteiger partial charge in [-0.15, -0.1) is 0 Å². The number of nitrogens with one attached hydrogen (secondary N) is 2.